The predicted octanol–water partition coefficient (Wildman–Crippen LogP) is 1.81. The summed E-state index contributed by atoms with van der Waals surface area (Å²) < 4.78 is 10.6. The molecule has 1 heterocycles. The molecular formula is C12H15NO3. The van der Waals surface area contributed by atoms with Crippen LogP contribution in [0.25, 0.3) is 0 Å². The summed E-state index contributed by atoms with van der Waals surface area (Å²) in [5, 5.41) is 2.83. The number of para-hydroxylation sites is 2. The Kier molecular flexibility index (Phi) is 3.41. The average molecular weight is 221 g/mol. The first kappa shape index (κ1) is 11.0. The van der Waals surface area contributed by atoms with Crippen LogP contribution in [0.15, 0.2) is 24.3 Å². The van der Waals surface area contributed by atoms with Gasteiger partial charge in [0.1, 0.15) is 5.75 Å². The largest absolute Gasteiger partial charge is 0.478 e. The van der Waals surface area contributed by atoms with Crippen molar-refractivity contribution in [3.63, 3.8) is 0 Å². The van der Waals surface area contributed by atoms with Crippen LogP contribution in [0.4, 0.5) is 5.69 Å². The fraction of sp³-hybridized carbons (Fsp3) is 0.417. The second kappa shape index (κ2) is 4.99. The van der Waals surface area contributed by atoms with Gasteiger partial charge in [0, 0.05) is 13.7 Å². The summed E-state index contributed by atoms with van der Waals surface area (Å²) in [6.07, 6.45) is 1.09. The molecule has 0 aliphatic carbocycles. The number of benzene rings is 1. The smallest absolute Gasteiger partial charge is 0.265 e. The number of ether oxygens (including phenoxy) is 2. The zero-order chi connectivity index (χ0) is 11.4. The maximum absolute atomic E-state index is 11.7. The fourth-order valence-corrected chi connectivity index (χ4v) is 1.70. The molecule has 1 aliphatic rings. The van der Waals surface area contributed by atoms with Crippen LogP contribution in [-0.4, -0.2) is 25.7 Å². The highest BCUT2D eigenvalue weighted by molar-refractivity contribution is 5.97. The van der Waals surface area contributed by atoms with Gasteiger partial charge in [-0.25, -0.2) is 0 Å². The van der Waals surface area contributed by atoms with Gasteiger partial charge < -0.3 is 14.8 Å². The molecule has 4 heteroatoms. The summed E-state index contributed by atoms with van der Waals surface area (Å²) in [6, 6.07) is 7.45. The first-order chi connectivity index (χ1) is 7.81. The van der Waals surface area contributed by atoms with Crippen molar-refractivity contribution in [1.29, 1.82) is 0 Å². The minimum Gasteiger partial charge on any atom is -0.478 e. The Labute approximate surface area is 94.6 Å². The van der Waals surface area contributed by atoms with Gasteiger partial charge in [-0.1, -0.05) is 12.1 Å². The van der Waals surface area contributed by atoms with E-state index in [1.807, 2.05) is 24.3 Å². The van der Waals surface area contributed by atoms with Crippen molar-refractivity contribution in [1.82, 2.24) is 0 Å². The first-order valence-electron chi connectivity index (χ1n) is 5.37. The third-order valence-electron chi connectivity index (χ3n) is 2.52. The number of carbonyl (C=O) groups excluding carboxylic acids is 1. The van der Waals surface area contributed by atoms with Crippen LogP contribution in [0.3, 0.4) is 0 Å². The normalized spacial score (nSPS) is 18.6. The van der Waals surface area contributed by atoms with Crippen molar-refractivity contribution < 1.29 is 14.3 Å². The first-order valence-corrected chi connectivity index (χ1v) is 5.37. The summed E-state index contributed by atoms with van der Waals surface area (Å²) >= 11 is 0. The number of nitrogens with one attached hydrogen (secondary N) is 1. The number of hydrogen-bond donors (Lipinski definition) is 1. The monoisotopic (exact) mass is 221 g/mol. The molecule has 0 saturated carbocycles. The summed E-state index contributed by atoms with van der Waals surface area (Å²) in [4.78, 5) is 11.7. The average Bonchev–Trinajstić information content (AvgIpc) is 2.30. The third-order valence-corrected chi connectivity index (χ3v) is 2.52. The Hall–Kier alpha value is -1.55. The van der Waals surface area contributed by atoms with Crippen LogP contribution in [0.2, 0.25) is 0 Å². The lowest BCUT2D eigenvalue weighted by atomic mass is 10.1. The summed E-state index contributed by atoms with van der Waals surface area (Å²) in [5.74, 6) is 0.666. The summed E-state index contributed by atoms with van der Waals surface area (Å²) in [6.45, 7) is 0.648. The van der Waals surface area contributed by atoms with Crippen LogP contribution >= 0.6 is 0 Å². The third kappa shape index (κ3) is 2.33. The van der Waals surface area contributed by atoms with Crippen molar-refractivity contribution >= 4 is 11.6 Å². The molecule has 0 radical (unpaired) electrons. The number of rotatable bonds is 4. The number of anilines is 1. The molecule has 16 heavy (non-hydrogen) atoms. The molecule has 2 rings (SSSR count). The fourth-order valence-electron chi connectivity index (χ4n) is 1.70. The lowest BCUT2D eigenvalue weighted by molar-refractivity contribution is -0.123. The lowest BCUT2D eigenvalue weighted by Gasteiger charge is -2.25. The van der Waals surface area contributed by atoms with Crippen LogP contribution in [0.1, 0.15) is 12.8 Å². The maximum Gasteiger partial charge on any atom is 0.265 e. The van der Waals surface area contributed by atoms with E-state index in [0.717, 1.165) is 17.9 Å². The molecule has 86 valence electrons. The van der Waals surface area contributed by atoms with Crippen LogP contribution in [-0.2, 0) is 9.53 Å². The molecule has 0 spiro atoms. The quantitative estimate of drug-likeness (QED) is 0.789. The maximum atomic E-state index is 11.7. The molecule has 0 aromatic heterocycles. The van der Waals surface area contributed by atoms with E-state index in [0.29, 0.717) is 13.0 Å². The molecule has 4 nitrogen and oxygen atoms in total. The number of carbonyl (C=O) groups is 1. The van der Waals surface area contributed by atoms with Gasteiger partial charge in [-0.15, -0.1) is 0 Å². The molecule has 1 aromatic carbocycles. The molecule has 0 bridgehead atoms. The van der Waals surface area contributed by atoms with Crippen molar-refractivity contribution in [3.05, 3.63) is 24.3 Å². The van der Waals surface area contributed by atoms with Crippen molar-refractivity contribution in [2.24, 2.45) is 0 Å². The van der Waals surface area contributed by atoms with Crippen LogP contribution in [0, 0.1) is 0 Å². The number of methoxy groups -OCH3 is 1. The van der Waals surface area contributed by atoms with Crippen LogP contribution < -0.4 is 10.1 Å². The molecule has 1 N–H and O–H groups in total. The Morgan fingerprint density at radius 3 is 3.06 bits per heavy atom. The Morgan fingerprint density at radius 1 is 1.44 bits per heavy atom. The van der Waals surface area contributed by atoms with Crippen molar-refractivity contribution in [3.8, 4) is 5.75 Å². The van der Waals surface area contributed by atoms with Gasteiger partial charge in [0.05, 0.1) is 5.69 Å². The summed E-state index contributed by atoms with van der Waals surface area (Å²) in [7, 11) is 1.65. The molecular weight excluding hydrogens is 206 g/mol. The zero-order valence-electron chi connectivity index (χ0n) is 9.23. The second-order valence-corrected chi connectivity index (χ2v) is 3.73. The second-order valence-electron chi connectivity index (χ2n) is 3.73. The topological polar surface area (TPSA) is 47.6 Å². The molecule has 0 saturated heterocycles. The number of hydrogen-bond acceptors (Lipinski definition) is 3. The zero-order valence-corrected chi connectivity index (χ0v) is 9.23. The van der Waals surface area contributed by atoms with Gasteiger partial charge in [0.15, 0.2) is 6.10 Å². The van der Waals surface area contributed by atoms with Gasteiger partial charge in [-0.2, -0.15) is 0 Å². The highest BCUT2D eigenvalue weighted by Crippen LogP contribution is 2.29. The van der Waals surface area contributed by atoms with E-state index in [-0.39, 0.29) is 5.91 Å². The van der Waals surface area contributed by atoms with Crippen LogP contribution in [0.5, 0.6) is 5.75 Å². The molecule has 0 fully saturated rings. The number of amides is 1. The Morgan fingerprint density at radius 2 is 2.25 bits per heavy atom. The van der Waals surface area contributed by atoms with Crippen molar-refractivity contribution in [2.45, 2.75) is 18.9 Å². The van der Waals surface area contributed by atoms with Gasteiger partial charge in [-0.05, 0) is 25.0 Å². The van der Waals surface area contributed by atoms with E-state index in [1.165, 1.54) is 0 Å². The minimum atomic E-state index is -0.398. The SMILES string of the molecule is COCCCC1Oc2ccccc2NC1=O. The predicted molar refractivity (Wildman–Crippen MR) is 60.6 cm³/mol. The molecule has 1 amide bonds. The molecule has 1 aliphatic heterocycles. The molecule has 1 unspecified atom stereocenters. The minimum absolute atomic E-state index is 0.0743. The molecule has 1 atom stereocenters. The summed E-state index contributed by atoms with van der Waals surface area (Å²) in [5.41, 5.74) is 0.746. The Bertz CT molecular complexity index is 378. The Balaban J connectivity index is 2.01. The van der Waals surface area contributed by atoms with Crippen molar-refractivity contribution in [2.75, 3.05) is 19.0 Å². The highest BCUT2D eigenvalue weighted by atomic mass is 16.5. The highest BCUT2D eigenvalue weighted by Gasteiger charge is 2.26. The van der Waals surface area contributed by atoms with E-state index < -0.39 is 6.10 Å². The molecule has 1 aromatic rings. The van der Waals surface area contributed by atoms with E-state index in [9.17, 15) is 4.79 Å². The van der Waals surface area contributed by atoms with E-state index >= 15 is 0 Å². The standard InChI is InChI=1S/C12H15NO3/c1-15-8-4-7-11-12(14)13-9-5-2-3-6-10(9)16-11/h2-3,5-6,11H,4,7-8H2,1H3,(H,13,14). The van der Waals surface area contributed by atoms with E-state index in [4.69, 9.17) is 9.47 Å². The van der Waals surface area contributed by atoms with Gasteiger partial charge in [0.2, 0.25) is 0 Å². The van der Waals surface area contributed by atoms with Gasteiger partial charge in [-0.3, -0.25) is 4.79 Å². The van der Waals surface area contributed by atoms with E-state index in [1.54, 1.807) is 7.11 Å². The lowest BCUT2D eigenvalue weighted by Crippen LogP contribution is -2.37. The number of fused-ring (bicyclic) bond motifs is 1. The van der Waals surface area contributed by atoms with E-state index in [2.05, 4.69) is 5.32 Å². The van der Waals surface area contributed by atoms with Gasteiger partial charge in [0.25, 0.3) is 5.91 Å². The van der Waals surface area contributed by atoms with Gasteiger partial charge >= 0.3 is 0 Å².